The number of pyridine rings is 1. The maximum absolute atomic E-state index is 6.61. The maximum atomic E-state index is 6.61. The second kappa shape index (κ2) is 4.99. The van der Waals surface area contributed by atoms with Gasteiger partial charge in [-0.25, -0.2) is 0 Å². The molecule has 0 N–H and O–H groups in total. The van der Waals surface area contributed by atoms with Crippen LogP contribution in [0.25, 0.3) is 21.7 Å². The zero-order valence-electron chi connectivity index (χ0n) is 10.6. The monoisotopic (exact) mass is 289 g/mol. The lowest BCUT2D eigenvalue weighted by Crippen LogP contribution is -1.97. The summed E-state index contributed by atoms with van der Waals surface area (Å²) in [4.78, 5) is 4.66. The summed E-state index contributed by atoms with van der Waals surface area (Å²) in [7, 11) is 0. The Morgan fingerprint density at radius 2 is 1.89 bits per heavy atom. The molecule has 0 unspecified atom stereocenters. The summed E-state index contributed by atoms with van der Waals surface area (Å²) >= 11 is 12.5. The van der Waals surface area contributed by atoms with E-state index in [9.17, 15) is 0 Å². The van der Waals surface area contributed by atoms with Crippen molar-refractivity contribution in [2.24, 2.45) is 0 Å². The molecule has 96 valence electrons. The van der Waals surface area contributed by atoms with Crippen molar-refractivity contribution in [1.29, 1.82) is 0 Å². The Morgan fingerprint density at radius 3 is 2.68 bits per heavy atom. The van der Waals surface area contributed by atoms with Gasteiger partial charge in [0.1, 0.15) is 0 Å². The van der Waals surface area contributed by atoms with E-state index in [1.807, 2.05) is 25.1 Å². The molecule has 3 rings (SSSR count). The van der Waals surface area contributed by atoms with Crippen LogP contribution in [-0.2, 0) is 6.42 Å². The Bertz CT molecular complexity index is 765. The lowest BCUT2D eigenvalue weighted by Gasteiger charge is -2.12. The molecule has 0 amide bonds. The summed E-state index contributed by atoms with van der Waals surface area (Å²) in [5.74, 6) is 0.554. The number of aromatic nitrogens is 1. The van der Waals surface area contributed by atoms with Crippen molar-refractivity contribution in [2.75, 3.05) is 5.88 Å². The predicted octanol–water partition coefficient (Wildman–Crippen LogP) is 5.13. The van der Waals surface area contributed by atoms with Gasteiger partial charge >= 0.3 is 0 Å². The van der Waals surface area contributed by atoms with Crippen LogP contribution < -0.4 is 0 Å². The number of rotatable bonds is 2. The van der Waals surface area contributed by atoms with Gasteiger partial charge in [0.25, 0.3) is 0 Å². The summed E-state index contributed by atoms with van der Waals surface area (Å²) in [6, 6.07) is 12.3. The van der Waals surface area contributed by atoms with Gasteiger partial charge in [0, 0.05) is 17.0 Å². The molecule has 19 heavy (non-hydrogen) atoms. The molecule has 1 heterocycles. The first-order valence-corrected chi connectivity index (χ1v) is 7.16. The number of alkyl halides is 1. The minimum atomic E-state index is 0.554. The SMILES string of the molecule is Cc1nc2ccc3ccccc3c2c(Cl)c1CCCl. The smallest absolute Gasteiger partial charge is 0.0726 e. The van der Waals surface area contributed by atoms with Crippen LogP contribution in [0.2, 0.25) is 5.02 Å². The summed E-state index contributed by atoms with van der Waals surface area (Å²) in [5.41, 5.74) is 2.97. The van der Waals surface area contributed by atoms with Gasteiger partial charge in [0.15, 0.2) is 0 Å². The minimum absolute atomic E-state index is 0.554. The first kappa shape index (κ1) is 12.7. The van der Waals surface area contributed by atoms with Crippen LogP contribution in [0.4, 0.5) is 0 Å². The maximum Gasteiger partial charge on any atom is 0.0726 e. The lowest BCUT2D eigenvalue weighted by atomic mass is 10.0. The number of nitrogens with zero attached hydrogens (tertiary/aromatic N) is 1. The van der Waals surface area contributed by atoms with Crippen LogP contribution in [0.15, 0.2) is 36.4 Å². The molecule has 0 spiro atoms. The second-order valence-corrected chi connectivity index (χ2v) is 5.37. The van der Waals surface area contributed by atoms with Gasteiger partial charge in [0.05, 0.1) is 10.5 Å². The minimum Gasteiger partial charge on any atom is -0.253 e. The van der Waals surface area contributed by atoms with Gasteiger partial charge in [-0.3, -0.25) is 4.98 Å². The highest BCUT2D eigenvalue weighted by molar-refractivity contribution is 6.38. The van der Waals surface area contributed by atoms with Crippen LogP contribution in [0, 0.1) is 6.92 Å². The fourth-order valence-corrected chi connectivity index (χ4v) is 3.15. The first-order valence-electron chi connectivity index (χ1n) is 6.25. The van der Waals surface area contributed by atoms with Gasteiger partial charge in [0.2, 0.25) is 0 Å². The van der Waals surface area contributed by atoms with E-state index in [1.165, 1.54) is 5.39 Å². The van der Waals surface area contributed by atoms with E-state index in [0.717, 1.165) is 39.0 Å². The van der Waals surface area contributed by atoms with Crippen LogP contribution in [0.1, 0.15) is 11.3 Å². The molecule has 0 fully saturated rings. The summed E-state index contributed by atoms with van der Waals surface area (Å²) in [6.45, 7) is 1.99. The van der Waals surface area contributed by atoms with E-state index < -0.39 is 0 Å². The molecule has 0 radical (unpaired) electrons. The van der Waals surface area contributed by atoms with Crippen LogP contribution >= 0.6 is 23.2 Å². The van der Waals surface area contributed by atoms with Crippen molar-refractivity contribution >= 4 is 44.9 Å². The highest BCUT2D eigenvalue weighted by Crippen LogP contribution is 2.34. The van der Waals surface area contributed by atoms with E-state index in [-0.39, 0.29) is 0 Å². The summed E-state index contributed by atoms with van der Waals surface area (Å²) < 4.78 is 0. The molecular formula is C16H13Cl2N. The second-order valence-electron chi connectivity index (χ2n) is 4.61. The zero-order chi connectivity index (χ0) is 13.4. The average molecular weight is 290 g/mol. The third kappa shape index (κ3) is 2.07. The predicted molar refractivity (Wildman–Crippen MR) is 83.4 cm³/mol. The summed E-state index contributed by atoms with van der Waals surface area (Å²) in [5, 5.41) is 4.15. The van der Waals surface area contributed by atoms with Crippen LogP contribution in [0.3, 0.4) is 0 Å². The van der Waals surface area contributed by atoms with Crippen molar-refractivity contribution in [3.05, 3.63) is 52.7 Å². The van der Waals surface area contributed by atoms with Crippen LogP contribution in [-0.4, -0.2) is 10.9 Å². The Morgan fingerprint density at radius 1 is 1.11 bits per heavy atom. The normalized spacial score (nSPS) is 11.3. The number of hydrogen-bond donors (Lipinski definition) is 0. The molecule has 2 aromatic carbocycles. The highest BCUT2D eigenvalue weighted by atomic mass is 35.5. The first-order chi connectivity index (χ1) is 9.22. The van der Waals surface area contributed by atoms with Gasteiger partial charge in [-0.15, -0.1) is 11.6 Å². The quantitative estimate of drug-likeness (QED) is 0.471. The Balaban J connectivity index is 2.47. The molecule has 0 aliphatic heterocycles. The lowest BCUT2D eigenvalue weighted by molar-refractivity contribution is 1.08. The molecule has 3 heteroatoms. The molecule has 0 saturated heterocycles. The number of aryl methyl sites for hydroxylation is 1. The van der Waals surface area contributed by atoms with Gasteiger partial charge < -0.3 is 0 Å². The van der Waals surface area contributed by atoms with E-state index in [1.54, 1.807) is 0 Å². The fraction of sp³-hybridized carbons (Fsp3) is 0.188. The molecule has 0 atom stereocenters. The van der Waals surface area contributed by atoms with Crippen molar-refractivity contribution < 1.29 is 0 Å². The Labute approximate surface area is 122 Å². The van der Waals surface area contributed by atoms with E-state index in [4.69, 9.17) is 23.2 Å². The van der Waals surface area contributed by atoms with Gasteiger partial charge in [-0.05, 0) is 35.7 Å². The standard InChI is InChI=1S/C16H13Cl2N/c1-10-12(8-9-17)16(18)15-13-5-3-2-4-11(13)6-7-14(15)19-10/h2-7H,8-9H2,1H3. The van der Waals surface area contributed by atoms with Crippen molar-refractivity contribution in [3.8, 4) is 0 Å². The number of hydrogen-bond acceptors (Lipinski definition) is 1. The van der Waals surface area contributed by atoms with Crippen LogP contribution in [0.5, 0.6) is 0 Å². The molecule has 0 aliphatic carbocycles. The fourth-order valence-electron chi connectivity index (χ4n) is 2.53. The molecule has 0 bridgehead atoms. The van der Waals surface area contributed by atoms with Crippen molar-refractivity contribution in [1.82, 2.24) is 4.98 Å². The summed E-state index contributed by atoms with van der Waals surface area (Å²) in [6.07, 6.45) is 0.748. The molecule has 0 saturated carbocycles. The van der Waals surface area contributed by atoms with E-state index in [0.29, 0.717) is 5.88 Å². The zero-order valence-corrected chi connectivity index (χ0v) is 12.1. The van der Waals surface area contributed by atoms with Gasteiger partial charge in [-0.1, -0.05) is 41.9 Å². The Hall–Kier alpha value is -1.31. The number of halogens is 2. The number of fused-ring (bicyclic) bond motifs is 3. The van der Waals surface area contributed by atoms with Crippen molar-refractivity contribution in [2.45, 2.75) is 13.3 Å². The average Bonchev–Trinajstić information content (AvgIpc) is 2.42. The third-order valence-electron chi connectivity index (χ3n) is 3.46. The highest BCUT2D eigenvalue weighted by Gasteiger charge is 2.12. The molecule has 1 nitrogen and oxygen atoms in total. The molecule has 3 aromatic rings. The Kier molecular flexibility index (Phi) is 3.34. The van der Waals surface area contributed by atoms with Crippen molar-refractivity contribution in [3.63, 3.8) is 0 Å². The van der Waals surface area contributed by atoms with E-state index >= 15 is 0 Å². The van der Waals surface area contributed by atoms with Gasteiger partial charge in [-0.2, -0.15) is 0 Å². The molecular weight excluding hydrogens is 277 g/mol. The molecule has 0 aliphatic rings. The number of benzene rings is 2. The molecule has 1 aromatic heterocycles. The topological polar surface area (TPSA) is 12.9 Å². The largest absolute Gasteiger partial charge is 0.253 e. The third-order valence-corrected chi connectivity index (χ3v) is 4.07. The van der Waals surface area contributed by atoms with E-state index in [2.05, 4.69) is 23.2 Å².